The van der Waals surface area contributed by atoms with Crippen molar-refractivity contribution in [1.82, 2.24) is 5.32 Å². The summed E-state index contributed by atoms with van der Waals surface area (Å²) >= 11 is 3.26. The van der Waals surface area contributed by atoms with Gasteiger partial charge < -0.3 is 5.32 Å². The van der Waals surface area contributed by atoms with E-state index in [0.29, 0.717) is 5.56 Å². The van der Waals surface area contributed by atoms with Crippen molar-refractivity contribution in [2.75, 3.05) is 4.72 Å². The Morgan fingerprint density at radius 1 is 0.964 bits per heavy atom. The molecule has 0 spiro atoms. The Hall–Kier alpha value is -2.71. The number of halogens is 2. The molecule has 0 radical (unpaired) electrons. The standard InChI is InChI=1S/C20H16BrFN2O3S/c21-16-6-10-19(11-7-16)28(26,27)24-18-3-1-2-15(12-18)20(25)23-13-14-4-8-17(22)9-5-14/h1-12,24H,13H2,(H,23,25). The Labute approximate surface area is 170 Å². The molecule has 2 N–H and O–H groups in total. The summed E-state index contributed by atoms with van der Waals surface area (Å²) in [6, 6.07) is 18.2. The van der Waals surface area contributed by atoms with E-state index < -0.39 is 10.0 Å². The summed E-state index contributed by atoms with van der Waals surface area (Å²) in [5.74, 6) is -0.713. The smallest absolute Gasteiger partial charge is 0.261 e. The van der Waals surface area contributed by atoms with Crippen LogP contribution in [0.15, 0.2) is 82.2 Å². The molecule has 3 aromatic rings. The lowest BCUT2D eigenvalue weighted by Crippen LogP contribution is -2.23. The van der Waals surface area contributed by atoms with Crippen molar-refractivity contribution in [2.24, 2.45) is 0 Å². The molecule has 3 rings (SSSR count). The zero-order valence-electron chi connectivity index (χ0n) is 14.5. The van der Waals surface area contributed by atoms with Crippen molar-refractivity contribution >= 4 is 37.5 Å². The van der Waals surface area contributed by atoms with Gasteiger partial charge in [0.05, 0.1) is 4.90 Å². The van der Waals surface area contributed by atoms with E-state index in [4.69, 9.17) is 0 Å². The van der Waals surface area contributed by atoms with Gasteiger partial charge in [0.2, 0.25) is 0 Å². The number of amides is 1. The number of carbonyl (C=O) groups excluding carboxylic acids is 1. The van der Waals surface area contributed by atoms with E-state index in [0.717, 1.165) is 10.0 Å². The van der Waals surface area contributed by atoms with Gasteiger partial charge in [-0.25, -0.2) is 12.8 Å². The molecule has 0 saturated heterocycles. The van der Waals surface area contributed by atoms with Gasteiger partial charge in [-0.1, -0.05) is 34.1 Å². The second-order valence-corrected chi connectivity index (χ2v) is 8.55. The van der Waals surface area contributed by atoms with Crippen LogP contribution in [0.4, 0.5) is 10.1 Å². The third kappa shape index (κ3) is 5.17. The Balaban J connectivity index is 1.70. The predicted octanol–water partition coefficient (Wildman–Crippen LogP) is 4.32. The molecular weight excluding hydrogens is 447 g/mol. The third-order valence-electron chi connectivity index (χ3n) is 3.87. The van der Waals surface area contributed by atoms with E-state index in [9.17, 15) is 17.6 Å². The number of nitrogens with one attached hydrogen (secondary N) is 2. The van der Waals surface area contributed by atoms with Crippen molar-refractivity contribution in [2.45, 2.75) is 11.4 Å². The quantitative estimate of drug-likeness (QED) is 0.572. The van der Waals surface area contributed by atoms with Crippen molar-refractivity contribution in [1.29, 1.82) is 0 Å². The fourth-order valence-electron chi connectivity index (χ4n) is 2.44. The highest BCUT2D eigenvalue weighted by Crippen LogP contribution is 2.19. The van der Waals surface area contributed by atoms with Crippen LogP contribution in [0.5, 0.6) is 0 Å². The molecule has 5 nitrogen and oxygen atoms in total. The van der Waals surface area contributed by atoms with Gasteiger partial charge in [0.15, 0.2) is 0 Å². The van der Waals surface area contributed by atoms with Gasteiger partial charge in [0.1, 0.15) is 5.82 Å². The van der Waals surface area contributed by atoms with Crippen LogP contribution in [0.25, 0.3) is 0 Å². The van der Waals surface area contributed by atoms with E-state index in [1.54, 1.807) is 42.5 Å². The lowest BCUT2D eigenvalue weighted by atomic mass is 10.1. The highest BCUT2D eigenvalue weighted by Gasteiger charge is 2.15. The molecule has 0 atom stereocenters. The predicted molar refractivity (Wildman–Crippen MR) is 109 cm³/mol. The molecule has 0 aliphatic heterocycles. The highest BCUT2D eigenvalue weighted by atomic mass is 79.9. The first-order valence-corrected chi connectivity index (χ1v) is 10.5. The average Bonchev–Trinajstić information content (AvgIpc) is 2.67. The van der Waals surface area contributed by atoms with Crippen LogP contribution in [0.2, 0.25) is 0 Å². The fourth-order valence-corrected chi connectivity index (χ4v) is 3.75. The topological polar surface area (TPSA) is 75.3 Å². The van der Waals surface area contributed by atoms with Crippen molar-refractivity contribution < 1.29 is 17.6 Å². The number of hydrogen-bond acceptors (Lipinski definition) is 3. The fraction of sp³-hybridized carbons (Fsp3) is 0.0500. The maximum Gasteiger partial charge on any atom is 0.261 e. The minimum atomic E-state index is -3.77. The molecule has 0 unspecified atom stereocenters. The summed E-state index contributed by atoms with van der Waals surface area (Å²) in [6.07, 6.45) is 0. The Morgan fingerprint density at radius 2 is 1.64 bits per heavy atom. The molecule has 144 valence electrons. The molecule has 0 aliphatic rings. The van der Waals surface area contributed by atoms with Crippen molar-refractivity contribution in [3.05, 3.63) is 94.2 Å². The van der Waals surface area contributed by atoms with Gasteiger partial charge >= 0.3 is 0 Å². The van der Waals surface area contributed by atoms with Crippen LogP contribution in [0.3, 0.4) is 0 Å². The summed E-state index contributed by atoms with van der Waals surface area (Å²) in [7, 11) is -3.77. The maximum absolute atomic E-state index is 12.9. The van der Waals surface area contributed by atoms with E-state index in [-0.39, 0.29) is 28.9 Å². The molecule has 0 saturated carbocycles. The van der Waals surface area contributed by atoms with Crippen LogP contribution in [0, 0.1) is 5.82 Å². The molecule has 3 aromatic carbocycles. The summed E-state index contributed by atoms with van der Waals surface area (Å²) in [6.45, 7) is 0.230. The van der Waals surface area contributed by atoms with Gasteiger partial charge in [-0.2, -0.15) is 0 Å². The molecule has 0 heterocycles. The normalized spacial score (nSPS) is 11.1. The Kier molecular flexibility index (Phi) is 6.11. The molecular formula is C20H16BrFN2O3S. The Morgan fingerprint density at radius 3 is 2.32 bits per heavy atom. The number of carbonyl (C=O) groups is 1. The maximum atomic E-state index is 12.9. The van der Waals surface area contributed by atoms with E-state index >= 15 is 0 Å². The first-order valence-electron chi connectivity index (χ1n) is 8.24. The third-order valence-corrected chi connectivity index (χ3v) is 5.79. The second-order valence-electron chi connectivity index (χ2n) is 5.95. The van der Waals surface area contributed by atoms with E-state index in [2.05, 4.69) is 26.0 Å². The average molecular weight is 463 g/mol. The molecule has 0 aliphatic carbocycles. The van der Waals surface area contributed by atoms with Gasteiger partial charge in [-0.3, -0.25) is 9.52 Å². The van der Waals surface area contributed by atoms with Crippen molar-refractivity contribution in [3.63, 3.8) is 0 Å². The van der Waals surface area contributed by atoms with Crippen LogP contribution in [-0.2, 0) is 16.6 Å². The van der Waals surface area contributed by atoms with Crippen LogP contribution < -0.4 is 10.0 Å². The lowest BCUT2D eigenvalue weighted by molar-refractivity contribution is 0.0951. The highest BCUT2D eigenvalue weighted by molar-refractivity contribution is 9.10. The van der Waals surface area contributed by atoms with Gasteiger partial charge in [0.25, 0.3) is 15.9 Å². The SMILES string of the molecule is O=C(NCc1ccc(F)cc1)c1cccc(NS(=O)(=O)c2ccc(Br)cc2)c1. The summed E-state index contributed by atoms with van der Waals surface area (Å²) in [4.78, 5) is 12.5. The number of sulfonamides is 1. The minimum Gasteiger partial charge on any atom is -0.348 e. The van der Waals surface area contributed by atoms with Gasteiger partial charge in [-0.15, -0.1) is 0 Å². The van der Waals surface area contributed by atoms with Crippen LogP contribution in [0.1, 0.15) is 15.9 Å². The minimum absolute atomic E-state index is 0.113. The molecule has 0 bridgehead atoms. The first-order chi connectivity index (χ1) is 13.3. The van der Waals surface area contributed by atoms with Crippen molar-refractivity contribution in [3.8, 4) is 0 Å². The zero-order chi connectivity index (χ0) is 20.1. The number of benzene rings is 3. The Bertz CT molecular complexity index is 1090. The van der Waals surface area contributed by atoms with Crippen LogP contribution in [-0.4, -0.2) is 14.3 Å². The largest absolute Gasteiger partial charge is 0.348 e. The molecule has 0 aromatic heterocycles. The lowest BCUT2D eigenvalue weighted by Gasteiger charge is -2.10. The summed E-state index contributed by atoms with van der Waals surface area (Å²) < 4.78 is 41.1. The molecule has 8 heteroatoms. The second kappa shape index (κ2) is 8.53. The summed E-state index contributed by atoms with van der Waals surface area (Å²) in [5.41, 5.74) is 1.33. The zero-order valence-corrected chi connectivity index (χ0v) is 16.9. The molecule has 0 fully saturated rings. The van der Waals surface area contributed by atoms with E-state index in [1.807, 2.05) is 0 Å². The number of rotatable bonds is 6. The van der Waals surface area contributed by atoms with Crippen LogP contribution >= 0.6 is 15.9 Å². The molecule has 28 heavy (non-hydrogen) atoms. The van der Waals surface area contributed by atoms with Gasteiger partial charge in [-0.05, 0) is 60.2 Å². The van der Waals surface area contributed by atoms with E-state index in [1.165, 1.54) is 30.3 Å². The number of hydrogen-bond donors (Lipinski definition) is 2. The monoisotopic (exact) mass is 462 g/mol. The number of anilines is 1. The summed E-state index contributed by atoms with van der Waals surface area (Å²) in [5, 5.41) is 2.72. The van der Waals surface area contributed by atoms with Gasteiger partial charge in [0, 0.05) is 22.3 Å². The first kappa shape index (κ1) is 20.0. The molecule has 1 amide bonds.